The van der Waals surface area contributed by atoms with Crippen LogP contribution in [0.25, 0.3) is 22.3 Å². The van der Waals surface area contributed by atoms with Gasteiger partial charge in [0.2, 0.25) is 0 Å². The number of amides is 1. The molecule has 1 atom stereocenters. The van der Waals surface area contributed by atoms with Gasteiger partial charge in [0.05, 0.1) is 22.8 Å². The van der Waals surface area contributed by atoms with Crippen molar-refractivity contribution >= 4 is 28.3 Å². The summed E-state index contributed by atoms with van der Waals surface area (Å²) in [6.45, 7) is 10.7. The second kappa shape index (κ2) is 7.40. The van der Waals surface area contributed by atoms with Gasteiger partial charge in [0, 0.05) is 41.0 Å². The van der Waals surface area contributed by atoms with Crippen LogP contribution in [0.1, 0.15) is 46.9 Å². The summed E-state index contributed by atoms with van der Waals surface area (Å²) in [7, 11) is 1.79. The maximum atomic E-state index is 13.2. The Morgan fingerprint density at radius 2 is 2.00 bits per heavy atom. The summed E-state index contributed by atoms with van der Waals surface area (Å²) in [6.07, 6.45) is 1.74. The minimum atomic E-state index is -0.0606. The molecule has 2 N–H and O–H groups in total. The van der Waals surface area contributed by atoms with E-state index >= 15 is 0 Å². The summed E-state index contributed by atoms with van der Waals surface area (Å²) in [5, 5.41) is 5.26. The van der Waals surface area contributed by atoms with Crippen LogP contribution in [0.4, 0.5) is 0 Å². The maximum Gasteiger partial charge on any atom is 0.254 e. The fraction of sp³-hybridized carbons (Fsp3) is 0.450. The molecule has 0 aliphatic rings. The van der Waals surface area contributed by atoms with Crippen LogP contribution in [0.3, 0.4) is 0 Å². The van der Waals surface area contributed by atoms with Gasteiger partial charge in [0.25, 0.3) is 5.91 Å². The molecular weight excluding hydrogens is 358 g/mol. The molecule has 1 unspecified atom stereocenters. The molecule has 3 aromatic rings. The molecule has 0 saturated heterocycles. The van der Waals surface area contributed by atoms with Gasteiger partial charge in [-0.05, 0) is 46.8 Å². The number of nitrogens with zero attached hydrogens (tertiary/aromatic N) is 4. The number of rotatable bonds is 5. The van der Waals surface area contributed by atoms with Crippen LogP contribution in [0.15, 0.2) is 18.3 Å². The smallest absolute Gasteiger partial charge is 0.254 e. The Kier molecular flexibility index (Phi) is 5.35. The zero-order chi connectivity index (χ0) is 19.9. The van der Waals surface area contributed by atoms with E-state index in [1.807, 2.05) is 17.7 Å². The van der Waals surface area contributed by atoms with E-state index in [1.54, 1.807) is 29.5 Å². The van der Waals surface area contributed by atoms with Gasteiger partial charge in [-0.25, -0.2) is 9.67 Å². The lowest BCUT2D eigenvalue weighted by atomic mass is 10.1. The van der Waals surface area contributed by atoms with Crippen molar-refractivity contribution in [3.05, 3.63) is 33.6 Å². The average molecular weight is 386 g/mol. The number of likely N-dealkylation sites (N-methyl/N-ethyl adjacent to an activating group) is 1. The number of aromatic nitrogens is 3. The molecule has 0 aromatic carbocycles. The van der Waals surface area contributed by atoms with Crippen molar-refractivity contribution in [2.45, 2.75) is 46.7 Å². The molecule has 3 rings (SSSR count). The summed E-state index contributed by atoms with van der Waals surface area (Å²) < 4.78 is 1.87. The monoisotopic (exact) mass is 385 g/mol. The SMILES string of the molecule is Cc1cc(-c2cc(C(=O)N(C)C(C)CN)c3cnn(C(C)C)c3n2)c(C)s1. The zero-order valence-electron chi connectivity index (χ0n) is 16.8. The number of carbonyl (C=O) groups excluding carboxylic acids is 1. The molecule has 0 saturated carbocycles. The summed E-state index contributed by atoms with van der Waals surface area (Å²) in [5.41, 5.74) is 9.00. The Morgan fingerprint density at radius 1 is 1.30 bits per heavy atom. The molecule has 1 amide bonds. The minimum Gasteiger partial charge on any atom is -0.338 e. The highest BCUT2D eigenvalue weighted by atomic mass is 32.1. The van der Waals surface area contributed by atoms with Crippen LogP contribution in [-0.4, -0.2) is 45.2 Å². The molecule has 144 valence electrons. The Morgan fingerprint density at radius 3 is 2.56 bits per heavy atom. The van der Waals surface area contributed by atoms with Crippen molar-refractivity contribution in [1.29, 1.82) is 0 Å². The van der Waals surface area contributed by atoms with Gasteiger partial charge in [0.15, 0.2) is 5.65 Å². The lowest BCUT2D eigenvalue weighted by molar-refractivity contribution is 0.0750. The highest BCUT2D eigenvalue weighted by Crippen LogP contribution is 2.33. The fourth-order valence-corrected chi connectivity index (χ4v) is 4.08. The normalized spacial score (nSPS) is 12.7. The predicted octanol–water partition coefficient (Wildman–Crippen LogP) is 3.78. The Hall–Kier alpha value is -2.25. The number of nitrogens with two attached hydrogens (primary N) is 1. The molecule has 0 spiro atoms. The molecular formula is C20H27N5OS. The third-order valence-corrected chi connectivity index (χ3v) is 5.89. The van der Waals surface area contributed by atoms with Crippen molar-refractivity contribution in [3.8, 4) is 11.3 Å². The quantitative estimate of drug-likeness (QED) is 0.725. The largest absolute Gasteiger partial charge is 0.338 e. The molecule has 0 radical (unpaired) electrons. The van der Waals surface area contributed by atoms with E-state index in [0.717, 1.165) is 22.3 Å². The number of pyridine rings is 1. The average Bonchev–Trinajstić information content (AvgIpc) is 3.21. The molecule has 0 bridgehead atoms. The van der Waals surface area contributed by atoms with Gasteiger partial charge in [-0.1, -0.05) is 0 Å². The Balaban J connectivity index is 2.25. The first-order valence-corrected chi connectivity index (χ1v) is 9.99. The van der Waals surface area contributed by atoms with E-state index in [-0.39, 0.29) is 18.0 Å². The van der Waals surface area contributed by atoms with Crippen LogP contribution >= 0.6 is 11.3 Å². The summed E-state index contributed by atoms with van der Waals surface area (Å²) in [4.78, 5) is 22.2. The van der Waals surface area contributed by atoms with Crippen molar-refractivity contribution in [1.82, 2.24) is 19.7 Å². The molecule has 0 fully saturated rings. The molecule has 6 nitrogen and oxygen atoms in total. The topological polar surface area (TPSA) is 77.0 Å². The molecule has 0 aliphatic carbocycles. The third kappa shape index (κ3) is 3.49. The molecule has 7 heteroatoms. The maximum absolute atomic E-state index is 13.2. The van der Waals surface area contributed by atoms with Crippen molar-refractivity contribution in [2.24, 2.45) is 5.73 Å². The van der Waals surface area contributed by atoms with Crippen LogP contribution < -0.4 is 5.73 Å². The van der Waals surface area contributed by atoms with E-state index in [2.05, 4.69) is 38.9 Å². The Labute approximate surface area is 164 Å². The first-order chi connectivity index (χ1) is 12.7. The number of hydrogen-bond acceptors (Lipinski definition) is 5. The van der Waals surface area contributed by atoms with Gasteiger partial charge >= 0.3 is 0 Å². The third-order valence-electron chi connectivity index (χ3n) is 4.93. The van der Waals surface area contributed by atoms with Gasteiger partial charge in [-0.3, -0.25) is 4.79 Å². The van der Waals surface area contributed by atoms with Crippen molar-refractivity contribution in [3.63, 3.8) is 0 Å². The van der Waals surface area contributed by atoms with Gasteiger partial charge in [0.1, 0.15) is 0 Å². The summed E-state index contributed by atoms with van der Waals surface area (Å²) in [6, 6.07) is 4.13. The standard InChI is InChI=1S/C20H27N5OS/c1-11(2)25-19-17(10-22-25)16(20(26)24(6)12(3)9-21)8-18(23-19)15-7-13(4)27-14(15)5/h7-8,10-12H,9,21H2,1-6H3. The lowest BCUT2D eigenvalue weighted by Gasteiger charge is -2.24. The number of fused-ring (bicyclic) bond motifs is 1. The molecule has 27 heavy (non-hydrogen) atoms. The summed E-state index contributed by atoms with van der Waals surface area (Å²) >= 11 is 1.74. The molecule has 0 aliphatic heterocycles. The fourth-order valence-electron chi connectivity index (χ4n) is 3.14. The van der Waals surface area contributed by atoms with Crippen LogP contribution in [0.2, 0.25) is 0 Å². The number of thiophene rings is 1. The van der Waals surface area contributed by atoms with Crippen LogP contribution in [0.5, 0.6) is 0 Å². The second-order valence-corrected chi connectivity index (χ2v) is 8.76. The van der Waals surface area contributed by atoms with E-state index in [4.69, 9.17) is 10.7 Å². The summed E-state index contributed by atoms with van der Waals surface area (Å²) in [5.74, 6) is -0.0606. The van der Waals surface area contributed by atoms with Gasteiger partial charge < -0.3 is 10.6 Å². The molecule has 3 heterocycles. The van der Waals surface area contributed by atoms with Crippen LogP contribution in [-0.2, 0) is 0 Å². The lowest BCUT2D eigenvalue weighted by Crippen LogP contribution is -2.39. The number of hydrogen-bond donors (Lipinski definition) is 1. The first-order valence-electron chi connectivity index (χ1n) is 9.17. The number of carbonyl (C=O) groups is 1. The van der Waals surface area contributed by atoms with Gasteiger partial charge in [-0.2, -0.15) is 5.10 Å². The zero-order valence-corrected chi connectivity index (χ0v) is 17.6. The highest BCUT2D eigenvalue weighted by molar-refractivity contribution is 7.12. The Bertz CT molecular complexity index is 988. The van der Waals surface area contributed by atoms with Crippen molar-refractivity contribution in [2.75, 3.05) is 13.6 Å². The van der Waals surface area contributed by atoms with Crippen molar-refractivity contribution < 1.29 is 4.79 Å². The van der Waals surface area contributed by atoms with Gasteiger partial charge in [-0.15, -0.1) is 11.3 Å². The minimum absolute atomic E-state index is 0.0468. The molecule has 3 aromatic heterocycles. The van der Waals surface area contributed by atoms with E-state index in [0.29, 0.717) is 12.1 Å². The highest BCUT2D eigenvalue weighted by Gasteiger charge is 2.23. The van der Waals surface area contributed by atoms with E-state index in [9.17, 15) is 4.79 Å². The van der Waals surface area contributed by atoms with E-state index in [1.165, 1.54) is 9.75 Å². The van der Waals surface area contributed by atoms with E-state index < -0.39 is 0 Å². The first kappa shape index (κ1) is 19.5. The second-order valence-electron chi connectivity index (χ2n) is 7.30. The predicted molar refractivity (Wildman–Crippen MR) is 111 cm³/mol. The number of aryl methyl sites for hydroxylation is 2. The van der Waals surface area contributed by atoms with Crippen LogP contribution in [0, 0.1) is 13.8 Å².